The van der Waals surface area contributed by atoms with Crippen LogP contribution in [0.3, 0.4) is 0 Å². The highest BCUT2D eigenvalue weighted by atomic mass is 31.2. The minimum atomic E-state index is -3.43. The molecule has 16 heavy (non-hydrogen) atoms. The number of allylic oxidation sites excluding steroid dienone is 3. The van der Waals surface area contributed by atoms with Crippen LogP contribution < -0.4 is 0 Å². The molecule has 4 nitrogen and oxygen atoms in total. The fourth-order valence-corrected chi connectivity index (χ4v) is 2.68. The van der Waals surface area contributed by atoms with Gasteiger partial charge in [0.1, 0.15) is 5.76 Å². The Morgan fingerprint density at radius 1 is 1.19 bits per heavy atom. The van der Waals surface area contributed by atoms with Crippen LogP contribution in [0.25, 0.3) is 0 Å². The van der Waals surface area contributed by atoms with Gasteiger partial charge in [-0.25, -0.2) is 4.57 Å². The van der Waals surface area contributed by atoms with Crippen LogP contribution in [0, 0.1) is 0 Å². The summed E-state index contributed by atoms with van der Waals surface area (Å²) in [6, 6.07) is 0. The molecule has 0 aromatic heterocycles. The highest BCUT2D eigenvalue weighted by Gasteiger charge is 2.28. The van der Waals surface area contributed by atoms with Crippen LogP contribution in [0.4, 0.5) is 0 Å². The van der Waals surface area contributed by atoms with Gasteiger partial charge in [0.15, 0.2) is 0 Å². The average molecular weight is 246 g/mol. The van der Waals surface area contributed by atoms with E-state index < -0.39 is 7.82 Å². The summed E-state index contributed by atoms with van der Waals surface area (Å²) in [5.74, 6) is 0.608. The van der Waals surface area contributed by atoms with E-state index in [1.807, 2.05) is 13.0 Å². The van der Waals surface area contributed by atoms with Crippen molar-refractivity contribution < 1.29 is 18.1 Å². The number of rotatable bonds is 6. The van der Waals surface area contributed by atoms with E-state index in [0.29, 0.717) is 19.0 Å². The molecule has 0 heterocycles. The Hall–Kier alpha value is -0.570. The maximum absolute atomic E-state index is 12.1. The maximum atomic E-state index is 12.1. The van der Waals surface area contributed by atoms with Gasteiger partial charge in [0.25, 0.3) is 0 Å². The van der Waals surface area contributed by atoms with Crippen LogP contribution >= 0.6 is 7.82 Å². The largest absolute Gasteiger partial charge is 0.530 e. The summed E-state index contributed by atoms with van der Waals surface area (Å²) in [6.07, 6.45) is 5.86. The molecule has 0 radical (unpaired) electrons. The van der Waals surface area contributed by atoms with Gasteiger partial charge in [-0.05, 0) is 45.3 Å². The average Bonchev–Trinajstić information content (AvgIpc) is 2.22. The molecule has 5 heteroatoms. The summed E-state index contributed by atoms with van der Waals surface area (Å²) in [4.78, 5) is 0. The zero-order valence-electron chi connectivity index (χ0n) is 10.1. The summed E-state index contributed by atoms with van der Waals surface area (Å²) >= 11 is 0. The minimum Gasteiger partial charge on any atom is -0.404 e. The fourth-order valence-electron chi connectivity index (χ4n) is 1.41. The summed E-state index contributed by atoms with van der Waals surface area (Å²) in [7, 11) is -3.43. The maximum Gasteiger partial charge on any atom is 0.530 e. The van der Waals surface area contributed by atoms with Gasteiger partial charge in [-0.3, -0.25) is 9.05 Å². The van der Waals surface area contributed by atoms with Crippen molar-refractivity contribution in [2.45, 2.75) is 33.6 Å². The number of phosphoric ester groups is 1. The van der Waals surface area contributed by atoms with Gasteiger partial charge >= 0.3 is 7.82 Å². The zero-order valence-corrected chi connectivity index (χ0v) is 11.0. The van der Waals surface area contributed by atoms with Crippen LogP contribution in [0.1, 0.15) is 33.6 Å². The quantitative estimate of drug-likeness (QED) is 0.668. The first-order chi connectivity index (χ1) is 7.61. The van der Waals surface area contributed by atoms with Gasteiger partial charge < -0.3 is 4.52 Å². The minimum absolute atomic E-state index is 0.299. The molecule has 0 aromatic carbocycles. The summed E-state index contributed by atoms with van der Waals surface area (Å²) in [5.41, 5.74) is 0.978. The van der Waals surface area contributed by atoms with Crippen molar-refractivity contribution in [1.29, 1.82) is 0 Å². The second-order valence-electron chi connectivity index (χ2n) is 3.41. The molecule has 1 rings (SSSR count). The van der Waals surface area contributed by atoms with Crippen molar-refractivity contribution in [3.05, 3.63) is 23.5 Å². The van der Waals surface area contributed by atoms with E-state index >= 15 is 0 Å². The summed E-state index contributed by atoms with van der Waals surface area (Å²) in [5, 5.41) is 0. The standard InChI is InChI=1S/C11H19O4P/c1-4-13-16(12,14-5-2)15-11-9-7-6-8-10(11)3/h8-9H,4-7H2,1-3H3. The Bertz CT molecular complexity index is 323. The molecular weight excluding hydrogens is 227 g/mol. The molecule has 0 aliphatic heterocycles. The molecule has 92 valence electrons. The Balaban J connectivity index is 2.72. The molecule has 0 amide bonds. The lowest BCUT2D eigenvalue weighted by molar-refractivity contribution is 0.147. The van der Waals surface area contributed by atoms with Crippen molar-refractivity contribution >= 4 is 7.82 Å². The molecule has 0 N–H and O–H groups in total. The first-order valence-electron chi connectivity index (χ1n) is 5.57. The molecular formula is C11H19O4P. The van der Waals surface area contributed by atoms with E-state index in [-0.39, 0.29) is 0 Å². The third-order valence-electron chi connectivity index (χ3n) is 2.12. The summed E-state index contributed by atoms with van der Waals surface area (Å²) in [6.45, 7) is 6.04. The summed E-state index contributed by atoms with van der Waals surface area (Å²) < 4.78 is 27.6. The van der Waals surface area contributed by atoms with Crippen molar-refractivity contribution in [2.75, 3.05) is 13.2 Å². The molecule has 0 bridgehead atoms. The molecule has 0 unspecified atom stereocenters. The van der Waals surface area contributed by atoms with E-state index in [0.717, 1.165) is 18.4 Å². The lowest BCUT2D eigenvalue weighted by atomic mass is 10.1. The highest BCUT2D eigenvalue weighted by molar-refractivity contribution is 7.48. The fraction of sp³-hybridized carbons (Fsp3) is 0.636. The van der Waals surface area contributed by atoms with Crippen LogP contribution in [0.2, 0.25) is 0 Å². The van der Waals surface area contributed by atoms with Crippen molar-refractivity contribution in [3.8, 4) is 0 Å². The van der Waals surface area contributed by atoms with Crippen LogP contribution in [0.5, 0.6) is 0 Å². The molecule has 0 fully saturated rings. The zero-order chi connectivity index (χ0) is 12.0. The topological polar surface area (TPSA) is 44.8 Å². The smallest absolute Gasteiger partial charge is 0.404 e. The van der Waals surface area contributed by atoms with E-state index in [4.69, 9.17) is 13.6 Å². The normalized spacial score (nSPS) is 16.7. The van der Waals surface area contributed by atoms with Gasteiger partial charge in [-0.15, -0.1) is 0 Å². The molecule has 1 aliphatic carbocycles. The Labute approximate surface area is 96.9 Å². The van der Waals surface area contributed by atoms with Crippen molar-refractivity contribution in [1.82, 2.24) is 0 Å². The predicted molar refractivity (Wildman–Crippen MR) is 63.0 cm³/mol. The second-order valence-corrected chi connectivity index (χ2v) is 5.00. The van der Waals surface area contributed by atoms with E-state index in [1.54, 1.807) is 13.8 Å². The molecule has 0 spiro atoms. The van der Waals surface area contributed by atoms with Crippen molar-refractivity contribution in [3.63, 3.8) is 0 Å². The van der Waals surface area contributed by atoms with Crippen molar-refractivity contribution in [2.24, 2.45) is 0 Å². The number of phosphoric acid groups is 1. The van der Waals surface area contributed by atoms with Crippen LogP contribution in [0.15, 0.2) is 23.5 Å². The monoisotopic (exact) mass is 246 g/mol. The molecule has 0 atom stereocenters. The van der Waals surface area contributed by atoms with E-state index in [9.17, 15) is 4.57 Å². The molecule has 0 aromatic rings. The van der Waals surface area contributed by atoms with Gasteiger partial charge in [0.05, 0.1) is 13.2 Å². The molecule has 0 saturated heterocycles. The second kappa shape index (κ2) is 6.24. The van der Waals surface area contributed by atoms with Crippen LogP contribution in [-0.4, -0.2) is 13.2 Å². The molecule has 1 aliphatic rings. The first-order valence-corrected chi connectivity index (χ1v) is 7.03. The Morgan fingerprint density at radius 2 is 1.75 bits per heavy atom. The number of hydrogen-bond acceptors (Lipinski definition) is 4. The highest BCUT2D eigenvalue weighted by Crippen LogP contribution is 2.52. The lowest BCUT2D eigenvalue weighted by Crippen LogP contribution is -2.02. The van der Waals surface area contributed by atoms with Gasteiger partial charge in [0, 0.05) is 0 Å². The molecule has 0 saturated carbocycles. The Morgan fingerprint density at radius 3 is 2.25 bits per heavy atom. The number of hydrogen-bond donors (Lipinski definition) is 0. The lowest BCUT2D eigenvalue weighted by Gasteiger charge is -2.20. The Kier molecular flexibility index (Phi) is 5.26. The predicted octanol–water partition coefficient (Wildman–Crippen LogP) is 3.81. The van der Waals surface area contributed by atoms with Gasteiger partial charge in [-0.2, -0.15) is 0 Å². The van der Waals surface area contributed by atoms with E-state index in [2.05, 4.69) is 6.08 Å². The van der Waals surface area contributed by atoms with Gasteiger partial charge in [-0.1, -0.05) is 6.08 Å². The third-order valence-corrected chi connectivity index (χ3v) is 3.69. The van der Waals surface area contributed by atoms with E-state index in [1.165, 1.54) is 0 Å². The first kappa shape index (κ1) is 13.5. The van der Waals surface area contributed by atoms with Gasteiger partial charge in [0.2, 0.25) is 0 Å². The SMILES string of the molecule is CCOP(=O)(OCC)OC1=CCCC=C1C. The third kappa shape index (κ3) is 3.78. The van der Waals surface area contributed by atoms with Crippen LogP contribution in [-0.2, 0) is 18.1 Å².